The van der Waals surface area contributed by atoms with Gasteiger partial charge in [0.25, 0.3) is 0 Å². The van der Waals surface area contributed by atoms with Gasteiger partial charge in [-0.15, -0.1) is 0 Å². The Balaban J connectivity index is 2.31. The molecule has 18 heavy (non-hydrogen) atoms. The number of nitrogens with zero attached hydrogens (tertiary/aromatic N) is 1. The molecule has 2 rings (SSSR count). The number of carbonyl (C=O) groups is 1. The maximum absolute atomic E-state index is 13.3. The molecule has 0 radical (unpaired) electrons. The molecule has 0 unspecified atom stereocenters. The summed E-state index contributed by atoms with van der Waals surface area (Å²) in [5, 5.41) is 10.9. The van der Waals surface area contributed by atoms with Crippen LogP contribution >= 0.6 is 11.3 Å². The van der Waals surface area contributed by atoms with Crippen LogP contribution in [0.15, 0.2) is 18.3 Å². The number of benzene rings is 1. The molecule has 0 spiro atoms. The minimum Gasteiger partial charge on any atom is -0.477 e. The molecule has 0 aliphatic rings. The van der Waals surface area contributed by atoms with Crippen LogP contribution in [0.3, 0.4) is 0 Å². The van der Waals surface area contributed by atoms with Gasteiger partial charge >= 0.3 is 5.97 Å². The fraction of sp³-hybridized carbons (Fsp3) is 0. The van der Waals surface area contributed by atoms with Crippen LogP contribution in [0, 0.1) is 17.5 Å². The fourth-order valence-electron chi connectivity index (χ4n) is 1.20. The molecule has 0 saturated heterocycles. The minimum absolute atomic E-state index is 0.00296. The minimum atomic E-state index is -1.19. The molecule has 0 atom stereocenters. The van der Waals surface area contributed by atoms with Gasteiger partial charge in [-0.1, -0.05) is 11.3 Å². The van der Waals surface area contributed by atoms with Crippen molar-refractivity contribution in [3.63, 3.8) is 0 Å². The molecule has 0 bridgehead atoms. The van der Waals surface area contributed by atoms with Gasteiger partial charge in [-0.05, 0) is 0 Å². The molecular weight excluding hydrogens is 269 g/mol. The van der Waals surface area contributed by atoms with Gasteiger partial charge in [0.1, 0.15) is 16.4 Å². The van der Waals surface area contributed by atoms with E-state index in [0.717, 1.165) is 6.20 Å². The van der Waals surface area contributed by atoms with Crippen LogP contribution in [0.2, 0.25) is 0 Å². The third-order valence-electron chi connectivity index (χ3n) is 1.96. The molecule has 0 saturated carbocycles. The third-order valence-corrected chi connectivity index (χ3v) is 2.86. The van der Waals surface area contributed by atoms with Gasteiger partial charge in [0.05, 0.1) is 6.20 Å². The van der Waals surface area contributed by atoms with Gasteiger partial charge < -0.3 is 10.4 Å². The highest BCUT2D eigenvalue weighted by molar-refractivity contribution is 7.17. The number of anilines is 2. The molecule has 0 aliphatic carbocycles. The van der Waals surface area contributed by atoms with E-state index in [2.05, 4.69) is 10.3 Å². The van der Waals surface area contributed by atoms with Gasteiger partial charge in [-0.3, -0.25) is 0 Å². The van der Waals surface area contributed by atoms with Crippen LogP contribution in [-0.2, 0) is 0 Å². The zero-order chi connectivity index (χ0) is 13.3. The summed E-state index contributed by atoms with van der Waals surface area (Å²) in [6.07, 6.45) is 1.05. The van der Waals surface area contributed by atoms with E-state index in [-0.39, 0.29) is 10.0 Å². The van der Waals surface area contributed by atoms with Crippen LogP contribution < -0.4 is 5.32 Å². The Morgan fingerprint density at radius 1 is 1.28 bits per heavy atom. The number of aromatic nitrogens is 1. The largest absolute Gasteiger partial charge is 0.477 e. The average molecular weight is 274 g/mol. The summed E-state index contributed by atoms with van der Waals surface area (Å²) in [4.78, 5) is 14.1. The molecule has 4 nitrogen and oxygen atoms in total. The van der Waals surface area contributed by atoms with Crippen molar-refractivity contribution in [3.05, 3.63) is 40.7 Å². The van der Waals surface area contributed by atoms with Crippen LogP contribution in [0.5, 0.6) is 0 Å². The Bertz CT molecular complexity index is 592. The molecule has 0 amide bonds. The molecule has 1 aromatic carbocycles. The molecule has 2 N–H and O–H groups in total. The van der Waals surface area contributed by atoms with Crippen LogP contribution in [0.1, 0.15) is 9.67 Å². The summed E-state index contributed by atoms with van der Waals surface area (Å²) in [5.41, 5.74) is -0.581. The second-order valence-corrected chi connectivity index (χ2v) is 4.23. The van der Waals surface area contributed by atoms with E-state index < -0.39 is 29.1 Å². The van der Waals surface area contributed by atoms with Gasteiger partial charge in [-0.25, -0.2) is 22.9 Å². The molecule has 2 aromatic rings. The number of rotatable bonds is 3. The van der Waals surface area contributed by atoms with Crippen LogP contribution in [0.4, 0.5) is 24.0 Å². The zero-order valence-electron chi connectivity index (χ0n) is 8.58. The Labute approximate surface area is 103 Å². The Morgan fingerprint density at radius 3 is 2.39 bits per heavy atom. The molecule has 94 valence electrons. The monoisotopic (exact) mass is 274 g/mol. The topological polar surface area (TPSA) is 62.2 Å². The number of hydrogen-bond acceptors (Lipinski definition) is 4. The number of hydrogen-bond donors (Lipinski definition) is 2. The number of carboxylic acids is 1. The second kappa shape index (κ2) is 4.65. The van der Waals surface area contributed by atoms with Crippen LogP contribution in [0.25, 0.3) is 0 Å². The number of carboxylic acid groups (broad SMARTS) is 1. The van der Waals surface area contributed by atoms with Crippen molar-refractivity contribution >= 4 is 28.1 Å². The van der Waals surface area contributed by atoms with E-state index in [0.29, 0.717) is 23.5 Å². The smallest absolute Gasteiger partial charge is 0.347 e. The highest BCUT2D eigenvalue weighted by Gasteiger charge is 2.14. The van der Waals surface area contributed by atoms with E-state index >= 15 is 0 Å². The second-order valence-electron chi connectivity index (χ2n) is 3.20. The lowest BCUT2D eigenvalue weighted by atomic mass is 10.3. The standard InChI is InChI=1S/C10H5F3N2O2S/c11-4-1-5(12)8(6(13)2-4)15-10-14-3-7(18-10)9(16)17/h1-3H,(H,14,15)(H,16,17). The summed E-state index contributed by atoms with van der Waals surface area (Å²) < 4.78 is 39.2. The van der Waals surface area contributed by atoms with Crippen molar-refractivity contribution in [2.45, 2.75) is 0 Å². The lowest BCUT2D eigenvalue weighted by Crippen LogP contribution is -1.98. The van der Waals surface area contributed by atoms with E-state index in [1.807, 2.05) is 0 Å². The molecule has 8 heteroatoms. The first-order chi connectivity index (χ1) is 8.47. The van der Waals surface area contributed by atoms with Crippen molar-refractivity contribution in [2.75, 3.05) is 5.32 Å². The van der Waals surface area contributed by atoms with Crippen molar-refractivity contribution in [1.82, 2.24) is 4.98 Å². The molecule has 0 fully saturated rings. The van der Waals surface area contributed by atoms with Gasteiger partial charge in [-0.2, -0.15) is 0 Å². The Morgan fingerprint density at radius 2 is 1.89 bits per heavy atom. The SMILES string of the molecule is O=C(O)c1cnc(Nc2c(F)cc(F)cc2F)s1. The summed E-state index contributed by atoms with van der Waals surface area (Å²) in [5.74, 6) is -4.49. The quantitative estimate of drug-likeness (QED) is 0.903. The Hall–Kier alpha value is -2.09. The maximum atomic E-state index is 13.3. The first-order valence-electron chi connectivity index (χ1n) is 4.58. The van der Waals surface area contributed by atoms with Crippen molar-refractivity contribution < 1.29 is 23.1 Å². The molecule has 0 aliphatic heterocycles. The third kappa shape index (κ3) is 2.43. The van der Waals surface area contributed by atoms with Gasteiger partial charge in [0.15, 0.2) is 16.8 Å². The summed E-state index contributed by atoms with van der Waals surface area (Å²) in [6.45, 7) is 0. The summed E-state index contributed by atoms with van der Waals surface area (Å²) >= 11 is 0.709. The van der Waals surface area contributed by atoms with Crippen molar-refractivity contribution in [3.8, 4) is 0 Å². The van der Waals surface area contributed by atoms with E-state index in [1.54, 1.807) is 0 Å². The lowest BCUT2D eigenvalue weighted by molar-refractivity contribution is 0.0702. The lowest BCUT2D eigenvalue weighted by Gasteiger charge is -2.05. The zero-order valence-corrected chi connectivity index (χ0v) is 9.39. The predicted molar refractivity (Wildman–Crippen MR) is 58.7 cm³/mol. The number of thiazole rings is 1. The number of nitrogens with one attached hydrogen (secondary N) is 1. The van der Waals surface area contributed by atoms with E-state index in [4.69, 9.17) is 5.11 Å². The average Bonchev–Trinajstić information content (AvgIpc) is 2.71. The molecule has 1 heterocycles. The first-order valence-corrected chi connectivity index (χ1v) is 5.39. The summed E-state index contributed by atoms with van der Waals surface area (Å²) in [7, 11) is 0. The number of aromatic carboxylic acids is 1. The van der Waals surface area contributed by atoms with Gasteiger partial charge in [0.2, 0.25) is 0 Å². The van der Waals surface area contributed by atoms with E-state index in [1.165, 1.54) is 0 Å². The normalized spacial score (nSPS) is 10.4. The van der Waals surface area contributed by atoms with E-state index in [9.17, 15) is 18.0 Å². The van der Waals surface area contributed by atoms with Crippen LogP contribution in [-0.4, -0.2) is 16.1 Å². The highest BCUT2D eigenvalue weighted by Crippen LogP contribution is 2.27. The highest BCUT2D eigenvalue weighted by atomic mass is 32.1. The van der Waals surface area contributed by atoms with Crippen molar-refractivity contribution in [1.29, 1.82) is 0 Å². The number of halogens is 3. The summed E-state index contributed by atoms with van der Waals surface area (Å²) in [6, 6.07) is 1.02. The Kier molecular flexibility index (Phi) is 3.19. The van der Waals surface area contributed by atoms with Gasteiger partial charge in [0, 0.05) is 12.1 Å². The van der Waals surface area contributed by atoms with Crippen molar-refractivity contribution in [2.24, 2.45) is 0 Å². The maximum Gasteiger partial charge on any atom is 0.347 e. The molecule has 1 aromatic heterocycles. The first kappa shape index (κ1) is 12.4. The fourth-order valence-corrected chi connectivity index (χ4v) is 1.86. The molecular formula is C10H5F3N2O2S. The predicted octanol–water partition coefficient (Wildman–Crippen LogP) is 3.00.